The summed E-state index contributed by atoms with van der Waals surface area (Å²) >= 11 is 12.5. The maximum absolute atomic E-state index is 12.3. The molecule has 1 amide bonds. The van der Waals surface area contributed by atoms with Gasteiger partial charge in [0, 0.05) is 29.5 Å². The average Bonchev–Trinajstić information content (AvgIpc) is 3.10. The van der Waals surface area contributed by atoms with Crippen LogP contribution in [-0.4, -0.2) is 25.5 Å². The van der Waals surface area contributed by atoms with Gasteiger partial charge in [-0.2, -0.15) is 4.52 Å². The number of fused-ring (bicyclic) bond motifs is 3. The molecule has 0 fully saturated rings. The van der Waals surface area contributed by atoms with Crippen LogP contribution in [-0.2, 0) is 4.79 Å². The van der Waals surface area contributed by atoms with E-state index in [1.807, 2.05) is 24.3 Å². The second-order valence-electron chi connectivity index (χ2n) is 6.38. The van der Waals surface area contributed by atoms with E-state index in [0.717, 1.165) is 5.39 Å². The molecule has 0 saturated heterocycles. The SMILES string of the molecule is O=C1NC=CNC=C1Nc1nc2ccccc2c2nc(-c3cccc(Cl)c3Cl)nn12. The average molecular weight is 438 g/mol. The van der Waals surface area contributed by atoms with Crippen LogP contribution in [0.25, 0.3) is 27.9 Å². The molecule has 148 valence electrons. The van der Waals surface area contributed by atoms with Gasteiger partial charge in [0.25, 0.3) is 5.91 Å². The van der Waals surface area contributed by atoms with Crippen LogP contribution in [0, 0.1) is 0 Å². The van der Waals surface area contributed by atoms with Gasteiger partial charge in [0.2, 0.25) is 5.95 Å². The van der Waals surface area contributed by atoms with Crippen molar-refractivity contribution in [2.75, 3.05) is 5.32 Å². The fraction of sp³-hybridized carbons (Fsp3) is 0. The molecule has 1 aliphatic rings. The van der Waals surface area contributed by atoms with E-state index >= 15 is 0 Å². The topological polar surface area (TPSA) is 96.2 Å². The van der Waals surface area contributed by atoms with E-state index in [0.29, 0.717) is 38.5 Å². The van der Waals surface area contributed by atoms with Crippen LogP contribution in [0.4, 0.5) is 5.95 Å². The molecule has 0 spiro atoms. The van der Waals surface area contributed by atoms with E-state index < -0.39 is 0 Å². The number of amides is 1. The number of halogens is 2. The lowest BCUT2D eigenvalue weighted by Gasteiger charge is -2.10. The number of nitrogens with one attached hydrogen (secondary N) is 3. The molecule has 0 unspecified atom stereocenters. The number of hydrogen-bond acceptors (Lipinski definition) is 6. The van der Waals surface area contributed by atoms with Crippen LogP contribution in [0.3, 0.4) is 0 Å². The molecular formula is C20H13Cl2N7O. The summed E-state index contributed by atoms with van der Waals surface area (Å²) in [4.78, 5) is 21.6. The number of carbonyl (C=O) groups is 1. The predicted octanol–water partition coefficient (Wildman–Crippen LogP) is 3.70. The molecule has 1 aliphatic heterocycles. The monoisotopic (exact) mass is 437 g/mol. The molecule has 30 heavy (non-hydrogen) atoms. The second kappa shape index (κ2) is 7.33. The summed E-state index contributed by atoms with van der Waals surface area (Å²) in [6.07, 6.45) is 4.64. The zero-order valence-corrected chi connectivity index (χ0v) is 16.7. The van der Waals surface area contributed by atoms with Crippen molar-refractivity contribution >= 4 is 51.6 Å². The molecule has 3 heterocycles. The van der Waals surface area contributed by atoms with E-state index in [-0.39, 0.29) is 11.6 Å². The third-order valence-electron chi connectivity index (χ3n) is 4.48. The molecule has 0 radical (unpaired) electrons. The van der Waals surface area contributed by atoms with Crippen molar-refractivity contribution in [3.8, 4) is 11.4 Å². The maximum atomic E-state index is 12.3. The Morgan fingerprint density at radius 1 is 1.00 bits per heavy atom. The minimum atomic E-state index is -0.322. The molecule has 0 aliphatic carbocycles. The Balaban J connectivity index is 1.72. The molecule has 0 saturated carbocycles. The van der Waals surface area contributed by atoms with Crippen molar-refractivity contribution in [3.05, 3.63) is 76.8 Å². The van der Waals surface area contributed by atoms with Crippen LogP contribution < -0.4 is 16.0 Å². The predicted molar refractivity (Wildman–Crippen MR) is 116 cm³/mol. The van der Waals surface area contributed by atoms with Crippen LogP contribution in [0.5, 0.6) is 0 Å². The van der Waals surface area contributed by atoms with Crippen molar-refractivity contribution in [1.29, 1.82) is 0 Å². The summed E-state index contributed by atoms with van der Waals surface area (Å²) in [5, 5.41) is 14.7. The van der Waals surface area contributed by atoms with Gasteiger partial charge in [-0.05, 0) is 24.3 Å². The molecule has 0 atom stereocenters. The van der Waals surface area contributed by atoms with Gasteiger partial charge in [0.1, 0.15) is 5.70 Å². The summed E-state index contributed by atoms with van der Waals surface area (Å²) in [7, 11) is 0. The smallest absolute Gasteiger partial charge is 0.273 e. The summed E-state index contributed by atoms with van der Waals surface area (Å²) in [6, 6.07) is 12.8. The highest BCUT2D eigenvalue weighted by molar-refractivity contribution is 6.43. The normalized spacial score (nSPS) is 13.7. The summed E-state index contributed by atoms with van der Waals surface area (Å²) in [6.45, 7) is 0. The molecule has 8 nitrogen and oxygen atoms in total. The fourth-order valence-electron chi connectivity index (χ4n) is 3.08. The summed E-state index contributed by atoms with van der Waals surface area (Å²) < 4.78 is 1.54. The first-order valence-corrected chi connectivity index (χ1v) is 9.66. The number of hydrogen-bond donors (Lipinski definition) is 3. The van der Waals surface area contributed by atoms with Crippen molar-refractivity contribution in [2.45, 2.75) is 0 Å². The Bertz CT molecular complexity index is 1380. The number of rotatable bonds is 3. The fourth-order valence-corrected chi connectivity index (χ4v) is 3.47. The van der Waals surface area contributed by atoms with Crippen LogP contribution in [0.15, 0.2) is 66.8 Å². The van der Waals surface area contributed by atoms with Gasteiger partial charge in [-0.3, -0.25) is 4.79 Å². The third-order valence-corrected chi connectivity index (χ3v) is 5.30. The first-order chi connectivity index (χ1) is 14.6. The first-order valence-electron chi connectivity index (χ1n) is 8.91. The van der Waals surface area contributed by atoms with E-state index in [4.69, 9.17) is 23.2 Å². The molecular weight excluding hydrogens is 425 g/mol. The Morgan fingerprint density at radius 3 is 2.77 bits per heavy atom. The van der Waals surface area contributed by atoms with Gasteiger partial charge in [0.15, 0.2) is 11.5 Å². The molecule has 2 aromatic carbocycles. The van der Waals surface area contributed by atoms with Gasteiger partial charge < -0.3 is 16.0 Å². The van der Waals surface area contributed by atoms with Gasteiger partial charge >= 0.3 is 0 Å². The number of carbonyl (C=O) groups excluding carboxylic acids is 1. The zero-order chi connectivity index (χ0) is 20.7. The molecule has 10 heteroatoms. The first kappa shape index (κ1) is 18.4. The highest BCUT2D eigenvalue weighted by Gasteiger charge is 2.19. The standard InChI is InChI=1S/C20H13Cl2N7O/c21-13-6-3-5-12(16(13)22)17-27-18-11-4-1-2-7-14(11)25-20(29(18)28-17)26-15-10-23-8-9-24-19(15)30/h1-10,23H,(H,24,30)(H,25,26). The summed E-state index contributed by atoms with van der Waals surface area (Å²) in [5.41, 5.74) is 2.13. The van der Waals surface area contributed by atoms with E-state index in [1.54, 1.807) is 28.9 Å². The molecule has 0 bridgehead atoms. The van der Waals surface area contributed by atoms with Crippen molar-refractivity contribution < 1.29 is 4.79 Å². The minimum absolute atomic E-state index is 0.266. The second-order valence-corrected chi connectivity index (χ2v) is 7.17. The van der Waals surface area contributed by atoms with Crippen molar-refractivity contribution in [1.82, 2.24) is 30.2 Å². The Hall–Kier alpha value is -3.62. The largest absolute Gasteiger partial charge is 0.364 e. The van der Waals surface area contributed by atoms with Crippen LogP contribution >= 0.6 is 23.2 Å². The number of nitrogens with zero attached hydrogens (tertiary/aromatic N) is 4. The van der Waals surface area contributed by atoms with Gasteiger partial charge in [-0.15, -0.1) is 5.10 Å². The van der Waals surface area contributed by atoms with Crippen LogP contribution in [0.2, 0.25) is 10.0 Å². The van der Waals surface area contributed by atoms with Gasteiger partial charge in [0.05, 0.1) is 15.6 Å². The lowest BCUT2D eigenvalue weighted by atomic mass is 10.2. The van der Waals surface area contributed by atoms with Crippen molar-refractivity contribution in [3.63, 3.8) is 0 Å². The summed E-state index contributed by atoms with van der Waals surface area (Å²) in [5.74, 6) is 0.395. The molecule has 3 N–H and O–H groups in total. The van der Waals surface area contributed by atoms with Gasteiger partial charge in [-0.1, -0.05) is 41.4 Å². The molecule has 5 rings (SSSR count). The van der Waals surface area contributed by atoms with Crippen LogP contribution in [0.1, 0.15) is 0 Å². The molecule has 4 aromatic rings. The Labute approximate surface area is 180 Å². The highest BCUT2D eigenvalue weighted by Crippen LogP contribution is 2.33. The quantitative estimate of drug-likeness (QED) is 0.452. The number of anilines is 1. The minimum Gasteiger partial charge on any atom is -0.364 e. The zero-order valence-electron chi connectivity index (χ0n) is 15.2. The Kier molecular flexibility index (Phi) is 4.50. The number of benzene rings is 2. The lowest BCUT2D eigenvalue weighted by molar-refractivity contribution is -0.116. The lowest BCUT2D eigenvalue weighted by Crippen LogP contribution is -2.24. The van der Waals surface area contributed by atoms with Gasteiger partial charge in [-0.25, -0.2) is 9.97 Å². The van der Waals surface area contributed by atoms with E-state index in [1.165, 1.54) is 12.4 Å². The van der Waals surface area contributed by atoms with Crippen molar-refractivity contribution in [2.24, 2.45) is 0 Å². The number of aromatic nitrogens is 4. The maximum Gasteiger partial charge on any atom is 0.273 e. The highest BCUT2D eigenvalue weighted by atomic mass is 35.5. The van der Waals surface area contributed by atoms with E-state index in [9.17, 15) is 4.79 Å². The molecule has 2 aromatic heterocycles. The van der Waals surface area contributed by atoms with E-state index in [2.05, 4.69) is 31.0 Å². The Morgan fingerprint density at radius 2 is 1.87 bits per heavy atom. The number of para-hydroxylation sites is 1. The third kappa shape index (κ3) is 3.12.